The van der Waals surface area contributed by atoms with Crippen molar-refractivity contribution in [2.24, 2.45) is 5.92 Å². The van der Waals surface area contributed by atoms with Gasteiger partial charge < -0.3 is 10.4 Å². The molecule has 0 aromatic carbocycles. The molecule has 1 aromatic rings. The van der Waals surface area contributed by atoms with E-state index >= 15 is 0 Å². The number of carboxylic acids is 1. The Labute approximate surface area is 91.4 Å². The molecule has 0 saturated heterocycles. The van der Waals surface area contributed by atoms with Gasteiger partial charge in [0.1, 0.15) is 6.54 Å². The molecule has 16 heavy (non-hydrogen) atoms. The molecule has 2 rings (SSSR count). The van der Waals surface area contributed by atoms with Gasteiger partial charge in [-0.3, -0.25) is 9.59 Å². The van der Waals surface area contributed by atoms with Crippen molar-refractivity contribution in [1.82, 2.24) is 20.3 Å². The van der Waals surface area contributed by atoms with Gasteiger partial charge >= 0.3 is 5.97 Å². The normalized spacial score (nSPS) is 22.8. The average molecular weight is 224 g/mol. The monoisotopic (exact) mass is 224 g/mol. The lowest BCUT2D eigenvalue weighted by Crippen LogP contribution is -2.26. The third kappa shape index (κ3) is 2.36. The molecule has 2 N–H and O–H groups in total. The van der Waals surface area contributed by atoms with E-state index in [2.05, 4.69) is 15.6 Å². The van der Waals surface area contributed by atoms with Crippen molar-refractivity contribution in [1.29, 1.82) is 0 Å². The number of nitrogens with one attached hydrogen (secondary N) is 1. The summed E-state index contributed by atoms with van der Waals surface area (Å²) in [4.78, 5) is 22.0. The zero-order valence-corrected chi connectivity index (χ0v) is 8.75. The van der Waals surface area contributed by atoms with Gasteiger partial charge in [0.05, 0.1) is 6.20 Å². The molecule has 1 saturated carbocycles. The van der Waals surface area contributed by atoms with Crippen LogP contribution >= 0.6 is 0 Å². The zero-order chi connectivity index (χ0) is 11.7. The minimum Gasteiger partial charge on any atom is -0.480 e. The van der Waals surface area contributed by atoms with Gasteiger partial charge in [0.25, 0.3) is 5.91 Å². The van der Waals surface area contributed by atoms with Crippen LogP contribution in [0.15, 0.2) is 6.20 Å². The van der Waals surface area contributed by atoms with Crippen molar-refractivity contribution in [2.45, 2.75) is 25.9 Å². The molecular formula is C9H12N4O3. The molecule has 0 spiro atoms. The van der Waals surface area contributed by atoms with Gasteiger partial charge in [0.2, 0.25) is 0 Å². The lowest BCUT2D eigenvalue weighted by Gasteiger charge is -1.98. The number of aromatic nitrogens is 3. The van der Waals surface area contributed by atoms with Gasteiger partial charge in [-0.2, -0.15) is 0 Å². The molecule has 86 valence electrons. The maximum Gasteiger partial charge on any atom is 0.325 e. The first kappa shape index (κ1) is 10.6. The molecule has 1 aliphatic carbocycles. The van der Waals surface area contributed by atoms with E-state index in [9.17, 15) is 9.59 Å². The summed E-state index contributed by atoms with van der Waals surface area (Å²) in [5.74, 6) is -0.809. The highest BCUT2D eigenvalue weighted by molar-refractivity contribution is 5.92. The lowest BCUT2D eigenvalue weighted by atomic mass is 10.4. The Kier molecular flexibility index (Phi) is 2.59. The molecule has 1 aliphatic rings. The predicted octanol–water partition coefficient (Wildman–Crippen LogP) is -0.499. The maximum absolute atomic E-state index is 11.6. The second-order valence-corrected chi connectivity index (χ2v) is 3.99. The highest BCUT2D eigenvalue weighted by Crippen LogP contribution is 2.29. The first-order valence-electron chi connectivity index (χ1n) is 4.99. The Bertz CT molecular complexity index is 428. The number of hydrogen-bond acceptors (Lipinski definition) is 4. The molecule has 0 radical (unpaired) electrons. The van der Waals surface area contributed by atoms with Crippen LogP contribution in [-0.4, -0.2) is 38.0 Å². The summed E-state index contributed by atoms with van der Waals surface area (Å²) >= 11 is 0. The van der Waals surface area contributed by atoms with Crippen molar-refractivity contribution in [3.05, 3.63) is 11.9 Å². The number of carbonyl (C=O) groups is 2. The highest BCUT2D eigenvalue weighted by atomic mass is 16.4. The number of aliphatic carboxylic acids is 1. The lowest BCUT2D eigenvalue weighted by molar-refractivity contribution is -0.137. The quantitative estimate of drug-likeness (QED) is 0.718. The van der Waals surface area contributed by atoms with Crippen LogP contribution in [-0.2, 0) is 11.3 Å². The summed E-state index contributed by atoms with van der Waals surface area (Å²) in [6.45, 7) is 1.76. The summed E-state index contributed by atoms with van der Waals surface area (Å²) in [7, 11) is 0. The van der Waals surface area contributed by atoms with Crippen molar-refractivity contribution >= 4 is 11.9 Å². The standard InChI is InChI=1S/C9H12N4O3/c1-5-2-6(5)10-9(16)7-3-13(12-11-7)4-8(14)15/h3,5-6H,2,4H2,1H3,(H,10,16)(H,14,15). The van der Waals surface area contributed by atoms with Crippen molar-refractivity contribution in [3.63, 3.8) is 0 Å². The van der Waals surface area contributed by atoms with E-state index in [4.69, 9.17) is 5.11 Å². The first-order chi connectivity index (χ1) is 7.56. The van der Waals surface area contributed by atoms with E-state index in [1.165, 1.54) is 6.20 Å². The topological polar surface area (TPSA) is 97.1 Å². The number of nitrogens with zero attached hydrogens (tertiary/aromatic N) is 3. The van der Waals surface area contributed by atoms with Crippen molar-refractivity contribution < 1.29 is 14.7 Å². The van der Waals surface area contributed by atoms with Crippen LogP contribution in [0.1, 0.15) is 23.8 Å². The fourth-order valence-corrected chi connectivity index (χ4v) is 1.38. The van der Waals surface area contributed by atoms with Crippen molar-refractivity contribution in [3.8, 4) is 0 Å². The maximum atomic E-state index is 11.6. The van der Waals surface area contributed by atoms with Crippen LogP contribution in [0.5, 0.6) is 0 Å². The Morgan fingerprint density at radius 2 is 2.38 bits per heavy atom. The fourth-order valence-electron chi connectivity index (χ4n) is 1.38. The van der Waals surface area contributed by atoms with E-state index < -0.39 is 5.97 Å². The van der Waals surface area contributed by atoms with E-state index in [0.29, 0.717) is 5.92 Å². The van der Waals surface area contributed by atoms with Gasteiger partial charge in [0.15, 0.2) is 5.69 Å². The summed E-state index contributed by atoms with van der Waals surface area (Å²) in [6, 6.07) is 0.220. The smallest absolute Gasteiger partial charge is 0.325 e. The molecule has 7 nitrogen and oxygen atoms in total. The second kappa shape index (κ2) is 3.92. The Morgan fingerprint density at radius 3 is 2.94 bits per heavy atom. The average Bonchev–Trinajstić information content (AvgIpc) is 2.72. The van der Waals surface area contributed by atoms with Crippen LogP contribution in [0.25, 0.3) is 0 Å². The van der Waals surface area contributed by atoms with Gasteiger partial charge in [-0.1, -0.05) is 12.1 Å². The molecule has 2 unspecified atom stereocenters. The number of rotatable bonds is 4. The Balaban J connectivity index is 1.95. The SMILES string of the molecule is CC1CC1NC(=O)c1cn(CC(=O)O)nn1. The third-order valence-electron chi connectivity index (χ3n) is 2.49. The molecule has 2 atom stereocenters. The summed E-state index contributed by atoms with van der Waals surface area (Å²) in [6.07, 6.45) is 2.31. The van der Waals surface area contributed by atoms with Crippen molar-refractivity contribution in [2.75, 3.05) is 0 Å². The van der Waals surface area contributed by atoms with E-state index in [1.807, 2.05) is 6.92 Å². The molecule has 0 bridgehead atoms. The van der Waals surface area contributed by atoms with Crippen LogP contribution < -0.4 is 5.32 Å². The van der Waals surface area contributed by atoms with E-state index in [1.54, 1.807) is 0 Å². The Hall–Kier alpha value is -1.92. The number of carbonyl (C=O) groups excluding carboxylic acids is 1. The molecule has 7 heteroatoms. The molecule has 1 aromatic heterocycles. The molecule has 0 aliphatic heterocycles. The van der Waals surface area contributed by atoms with Gasteiger partial charge in [-0.05, 0) is 12.3 Å². The minimum absolute atomic E-state index is 0.153. The predicted molar refractivity (Wildman–Crippen MR) is 52.7 cm³/mol. The minimum atomic E-state index is -1.02. The number of carboxylic acid groups (broad SMARTS) is 1. The number of amides is 1. The Morgan fingerprint density at radius 1 is 1.69 bits per heavy atom. The largest absolute Gasteiger partial charge is 0.480 e. The first-order valence-corrected chi connectivity index (χ1v) is 4.99. The van der Waals surface area contributed by atoms with E-state index in [-0.39, 0.29) is 24.2 Å². The van der Waals surface area contributed by atoms with Crippen LogP contribution in [0, 0.1) is 5.92 Å². The third-order valence-corrected chi connectivity index (χ3v) is 2.49. The van der Waals surface area contributed by atoms with Crippen LogP contribution in [0.4, 0.5) is 0 Å². The van der Waals surface area contributed by atoms with Crippen LogP contribution in [0.3, 0.4) is 0 Å². The highest BCUT2D eigenvalue weighted by Gasteiger charge is 2.34. The summed E-state index contributed by atoms with van der Waals surface area (Å²) in [5.41, 5.74) is 0.153. The summed E-state index contributed by atoms with van der Waals surface area (Å²) < 4.78 is 1.12. The van der Waals surface area contributed by atoms with E-state index in [0.717, 1.165) is 11.1 Å². The molecule has 1 fully saturated rings. The molecule has 1 heterocycles. The van der Waals surface area contributed by atoms with Gasteiger partial charge in [0, 0.05) is 6.04 Å². The number of hydrogen-bond donors (Lipinski definition) is 2. The van der Waals surface area contributed by atoms with Crippen LogP contribution in [0.2, 0.25) is 0 Å². The molecular weight excluding hydrogens is 212 g/mol. The zero-order valence-electron chi connectivity index (χ0n) is 8.75. The fraction of sp³-hybridized carbons (Fsp3) is 0.556. The van der Waals surface area contributed by atoms with Gasteiger partial charge in [-0.25, -0.2) is 4.68 Å². The van der Waals surface area contributed by atoms with Gasteiger partial charge in [-0.15, -0.1) is 5.10 Å². The second-order valence-electron chi connectivity index (χ2n) is 3.99. The molecule has 1 amide bonds. The summed E-state index contributed by atoms with van der Waals surface area (Å²) in [5, 5.41) is 18.5.